The van der Waals surface area contributed by atoms with Gasteiger partial charge in [-0.2, -0.15) is 0 Å². The van der Waals surface area contributed by atoms with Gasteiger partial charge in [-0.05, 0) is 52.2 Å². The summed E-state index contributed by atoms with van der Waals surface area (Å²) < 4.78 is 11.2. The summed E-state index contributed by atoms with van der Waals surface area (Å²) in [5, 5.41) is 0. The van der Waals surface area contributed by atoms with E-state index in [0.717, 1.165) is 36.3 Å². The van der Waals surface area contributed by atoms with Crippen LogP contribution in [0.5, 0.6) is 0 Å². The van der Waals surface area contributed by atoms with Crippen LogP contribution in [0.4, 0.5) is 4.79 Å². The van der Waals surface area contributed by atoms with E-state index in [2.05, 4.69) is 20.8 Å². The summed E-state index contributed by atoms with van der Waals surface area (Å²) in [5.41, 5.74) is -0.0433. The molecule has 120 valence electrons. The predicted octanol–water partition coefficient (Wildman–Crippen LogP) is 2.77. The number of rotatable bonds is 8. The van der Waals surface area contributed by atoms with E-state index < -0.39 is 8.32 Å². The van der Waals surface area contributed by atoms with Crippen molar-refractivity contribution in [2.24, 2.45) is 5.92 Å². The molecule has 0 spiro atoms. The molecule has 1 unspecified atom stereocenters. The molecule has 0 aliphatic rings. The summed E-state index contributed by atoms with van der Waals surface area (Å²) in [6.07, 6.45) is 2.99. The molecule has 0 fully saturated rings. The predicted molar refractivity (Wildman–Crippen MR) is 90.6 cm³/mol. The van der Waals surface area contributed by atoms with E-state index in [1.165, 1.54) is 0 Å². The average molecular weight is 320 g/mol. The Balaban J connectivity index is 4.19. The highest BCUT2D eigenvalue weighted by Gasteiger charge is 2.27. The summed E-state index contributed by atoms with van der Waals surface area (Å²) in [7, 11) is 0.791. The number of carbonyl (C=O) groups excluding carboxylic acids is 1. The van der Waals surface area contributed by atoms with Crippen molar-refractivity contribution in [3.63, 3.8) is 0 Å². The molecule has 0 radical (unpaired) electrons. The molecule has 0 saturated carbocycles. The summed E-state index contributed by atoms with van der Waals surface area (Å²) in [6, 6.07) is 0. The maximum atomic E-state index is 11.9. The average Bonchev–Trinajstić information content (AvgIpc) is 2.31. The summed E-state index contributed by atoms with van der Waals surface area (Å²) in [5.74, 6) is 0.543. The fourth-order valence-corrected chi connectivity index (χ4v) is 3.23. The van der Waals surface area contributed by atoms with Gasteiger partial charge in [0, 0.05) is 13.6 Å². The number of amides is 1. The zero-order chi connectivity index (χ0) is 16.0. The van der Waals surface area contributed by atoms with Crippen LogP contribution in [0.1, 0.15) is 40.0 Å². The van der Waals surface area contributed by atoms with Crippen LogP contribution in [-0.4, -0.2) is 49.0 Å². The lowest BCUT2D eigenvalue weighted by molar-refractivity contribution is 0.0441. The molecule has 0 aromatic carbocycles. The third-order valence-corrected chi connectivity index (χ3v) is 5.59. The highest BCUT2D eigenvalue weighted by atomic mass is 28.4. The van der Waals surface area contributed by atoms with Gasteiger partial charge in [0.25, 0.3) is 0 Å². The van der Waals surface area contributed by atoms with Crippen molar-refractivity contribution in [3.05, 3.63) is 0 Å². The first-order valence-electron chi connectivity index (χ1n) is 7.52. The molecule has 0 N–H and O–H groups in total. The monoisotopic (exact) mass is 319 g/mol. The third kappa shape index (κ3) is 7.45. The van der Waals surface area contributed by atoms with Crippen LogP contribution < -0.4 is 0 Å². The molecule has 0 bridgehead atoms. The van der Waals surface area contributed by atoms with Crippen molar-refractivity contribution in [1.29, 1.82) is 0 Å². The first-order chi connectivity index (χ1) is 9.03. The van der Waals surface area contributed by atoms with Gasteiger partial charge < -0.3 is 13.8 Å². The highest BCUT2D eigenvalue weighted by molar-refractivity contribution is 6.71. The van der Waals surface area contributed by atoms with E-state index in [4.69, 9.17) is 8.85 Å². The number of carbonyl (C=O) groups is 1. The Morgan fingerprint density at radius 2 is 1.90 bits per heavy atom. The summed E-state index contributed by atoms with van der Waals surface area (Å²) >= 11 is 0. The normalized spacial score (nSPS) is 14.2. The van der Waals surface area contributed by atoms with Crippen molar-refractivity contribution < 1.29 is 13.6 Å². The molecule has 0 aliphatic carbocycles. The Morgan fingerprint density at radius 1 is 1.35 bits per heavy atom. The van der Waals surface area contributed by atoms with E-state index in [1.54, 1.807) is 4.90 Å². The molecular weight excluding hydrogens is 286 g/mol. The molecule has 0 aromatic heterocycles. The lowest BCUT2D eigenvalue weighted by Gasteiger charge is -2.33. The van der Waals surface area contributed by atoms with E-state index in [1.807, 2.05) is 26.7 Å². The second kappa shape index (κ2) is 8.19. The fraction of sp³-hybridized carbons (Fsp3) is 0.929. The molecular formula is C14H33NO3Si2. The van der Waals surface area contributed by atoms with Crippen LogP contribution >= 0.6 is 0 Å². The summed E-state index contributed by atoms with van der Waals surface area (Å²) in [6.45, 7) is 13.4. The van der Waals surface area contributed by atoms with Crippen LogP contribution in [0.15, 0.2) is 0 Å². The van der Waals surface area contributed by atoms with Gasteiger partial charge in [0.2, 0.25) is 8.32 Å². The molecule has 0 heterocycles. The molecule has 0 aromatic rings. The van der Waals surface area contributed by atoms with E-state index >= 15 is 0 Å². The number of hydrogen-bond donors (Lipinski definition) is 0. The lowest BCUT2D eigenvalue weighted by Crippen LogP contribution is -2.38. The molecule has 6 heteroatoms. The smallest absolute Gasteiger partial charge is 0.395 e. The van der Waals surface area contributed by atoms with Gasteiger partial charge in [-0.15, -0.1) is 0 Å². The third-order valence-electron chi connectivity index (χ3n) is 3.75. The Bertz CT molecular complexity index is 303. The molecule has 0 aliphatic heterocycles. The zero-order valence-electron chi connectivity index (χ0n) is 14.6. The Kier molecular flexibility index (Phi) is 8.05. The number of nitrogens with zero attached hydrogens (tertiary/aromatic N) is 1. The first kappa shape index (κ1) is 19.7. The first-order valence-corrected chi connectivity index (χ1v) is 11.7. The second-order valence-corrected chi connectivity index (χ2v) is 11.8. The van der Waals surface area contributed by atoms with E-state index in [0.29, 0.717) is 5.92 Å². The molecule has 4 nitrogen and oxygen atoms in total. The van der Waals surface area contributed by atoms with Gasteiger partial charge in [-0.25, -0.2) is 4.79 Å². The Labute approximate surface area is 128 Å². The standard InChI is InChI=1S/C14H33NO3Si2/c1-8-12(14(2,3)18-19)10-9-11-15(4)13(16)17-20(5,6)7/h12H,8-11H2,1-7,19H3. The van der Waals surface area contributed by atoms with Crippen LogP contribution in [0.3, 0.4) is 0 Å². The summed E-state index contributed by atoms with van der Waals surface area (Å²) in [4.78, 5) is 13.6. The Morgan fingerprint density at radius 3 is 2.30 bits per heavy atom. The van der Waals surface area contributed by atoms with Crippen LogP contribution in [0.25, 0.3) is 0 Å². The SMILES string of the molecule is CCC(CCCN(C)C(=O)O[Si](C)(C)C)C(C)(C)O[SiH3]. The molecule has 0 rings (SSSR count). The van der Waals surface area contributed by atoms with Crippen LogP contribution in [0, 0.1) is 5.92 Å². The topological polar surface area (TPSA) is 38.8 Å². The van der Waals surface area contributed by atoms with E-state index in [9.17, 15) is 4.79 Å². The Hall–Kier alpha value is -0.336. The van der Waals surface area contributed by atoms with Crippen LogP contribution in [-0.2, 0) is 8.85 Å². The molecule has 20 heavy (non-hydrogen) atoms. The quantitative estimate of drug-likeness (QED) is 0.646. The largest absolute Gasteiger partial charge is 0.504 e. The van der Waals surface area contributed by atoms with Crippen molar-refractivity contribution >= 4 is 24.9 Å². The second-order valence-electron chi connectivity index (χ2n) is 6.96. The van der Waals surface area contributed by atoms with Gasteiger partial charge >= 0.3 is 6.09 Å². The van der Waals surface area contributed by atoms with Crippen molar-refractivity contribution in [2.75, 3.05) is 13.6 Å². The maximum Gasteiger partial charge on any atom is 0.395 e. The van der Waals surface area contributed by atoms with Gasteiger partial charge in [-0.3, -0.25) is 0 Å². The van der Waals surface area contributed by atoms with E-state index in [-0.39, 0.29) is 11.7 Å². The van der Waals surface area contributed by atoms with Gasteiger partial charge in [-0.1, -0.05) is 13.3 Å². The fourth-order valence-electron chi connectivity index (χ4n) is 2.22. The van der Waals surface area contributed by atoms with Gasteiger partial charge in [0.1, 0.15) is 10.5 Å². The highest BCUT2D eigenvalue weighted by Crippen LogP contribution is 2.27. The minimum atomic E-state index is -1.79. The lowest BCUT2D eigenvalue weighted by atomic mass is 9.85. The number of hydrogen-bond acceptors (Lipinski definition) is 3. The van der Waals surface area contributed by atoms with Crippen molar-refractivity contribution in [3.8, 4) is 0 Å². The van der Waals surface area contributed by atoms with Crippen molar-refractivity contribution in [2.45, 2.75) is 65.3 Å². The molecule has 1 atom stereocenters. The molecule has 1 amide bonds. The van der Waals surface area contributed by atoms with Gasteiger partial charge in [0.05, 0.1) is 5.60 Å². The minimum Gasteiger partial charge on any atom is -0.504 e. The van der Waals surface area contributed by atoms with Crippen LogP contribution in [0.2, 0.25) is 19.6 Å². The van der Waals surface area contributed by atoms with Gasteiger partial charge in [0.15, 0.2) is 0 Å². The maximum absolute atomic E-state index is 11.9. The minimum absolute atomic E-state index is 0.0433. The zero-order valence-corrected chi connectivity index (χ0v) is 17.6. The molecule has 0 saturated heterocycles. The van der Waals surface area contributed by atoms with Crippen molar-refractivity contribution in [1.82, 2.24) is 4.90 Å².